The van der Waals surface area contributed by atoms with E-state index in [1.54, 1.807) is 18.2 Å². The number of isocyanates is 1. The number of hydrogen-bond donors (Lipinski definition) is 1. The Labute approximate surface area is 123 Å². The Bertz CT molecular complexity index is 722. The van der Waals surface area contributed by atoms with Crippen LogP contribution in [0.3, 0.4) is 0 Å². The molecule has 0 saturated carbocycles. The van der Waals surface area contributed by atoms with E-state index >= 15 is 0 Å². The van der Waals surface area contributed by atoms with Gasteiger partial charge in [0.2, 0.25) is 6.08 Å². The minimum Gasteiger partial charge on any atom is -0.508 e. The van der Waals surface area contributed by atoms with Crippen molar-refractivity contribution >= 4 is 11.8 Å². The molecule has 2 aromatic carbocycles. The van der Waals surface area contributed by atoms with E-state index in [-0.39, 0.29) is 12.3 Å². The van der Waals surface area contributed by atoms with Gasteiger partial charge in [-0.05, 0) is 24.3 Å². The molecule has 1 N–H and O–H groups in total. The first kappa shape index (κ1) is 15.6. The topological polar surface area (TPSA) is 58.9 Å². The predicted octanol–water partition coefficient (Wildman–Crippen LogP) is 3.96. The zero-order valence-electron chi connectivity index (χ0n) is 11.1. The summed E-state index contributed by atoms with van der Waals surface area (Å²) >= 11 is 0. The summed E-state index contributed by atoms with van der Waals surface area (Å²) in [7, 11) is 0. The molecule has 0 aliphatic carbocycles. The summed E-state index contributed by atoms with van der Waals surface area (Å²) in [6.07, 6.45) is -3.29. The van der Waals surface area contributed by atoms with E-state index in [2.05, 4.69) is 4.99 Å². The average Bonchev–Trinajstić information content (AvgIpc) is 2.46. The number of benzene rings is 2. The van der Waals surface area contributed by atoms with Crippen molar-refractivity contribution in [2.45, 2.75) is 12.8 Å². The first-order valence-electron chi connectivity index (χ1n) is 6.10. The number of nitrogens with zero attached hydrogens (tertiary/aromatic N) is 1. The van der Waals surface area contributed by atoms with Crippen molar-refractivity contribution in [3.63, 3.8) is 0 Å². The van der Waals surface area contributed by atoms with Crippen LogP contribution in [0, 0.1) is 0 Å². The highest BCUT2D eigenvalue weighted by molar-refractivity contribution is 5.53. The van der Waals surface area contributed by atoms with Crippen LogP contribution in [-0.4, -0.2) is 11.2 Å². The molecular formula is C15H10F3NO3. The molecule has 4 nitrogen and oxygen atoms in total. The standard InChI is InChI=1S/C15H10F3NO3/c16-15(17,18)12-7-11(21)5-6-14(12)22-8-10-3-1-2-4-13(10)19-9-20/h1-7,21H,8H2. The number of aliphatic imine (C=N–C) groups is 1. The zero-order chi connectivity index (χ0) is 16.2. The van der Waals surface area contributed by atoms with Gasteiger partial charge in [-0.1, -0.05) is 18.2 Å². The Balaban J connectivity index is 2.28. The second kappa shape index (κ2) is 6.32. The van der Waals surface area contributed by atoms with E-state index < -0.39 is 23.2 Å². The third kappa shape index (κ3) is 3.65. The van der Waals surface area contributed by atoms with Crippen LogP contribution in [0.5, 0.6) is 11.5 Å². The highest BCUT2D eigenvalue weighted by Gasteiger charge is 2.34. The highest BCUT2D eigenvalue weighted by atomic mass is 19.4. The number of para-hydroxylation sites is 1. The van der Waals surface area contributed by atoms with Gasteiger partial charge in [-0.25, -0.2) is 4.79 Å². The molecular weight excluding hydrogens is 299 g/mol. The third-order valence-electron chi connectivity index (χ3n) is 2.81. The number of phenols is 1. The fraction of sp³-hybridized carbons (Fsp3) is 0.133. The van der Waals surface area contributed by atoms with Gasteiger partial charge in [0.05, 0.1) is 5.69 Å². The van der Waals surface area contributed by atoms with Crippen LogP contribution in [0.1, 0.15) is 11.1 Å². The number of alkyl halides is 3. The molecule has 2 rings (SSSR count). The van der Waals surface area contributed by atoms with Crippen molar-refractivity contribution in [1.82, 2.24) is 0 Å². The fourth-order valence-electron chi connectivity index (χ4n) is 1.81. The van der Waals surface area contributed by atoms with E-state index in [1.807, 2.05) is 0 Å². The lowest BCUT2D eigenvalue weighted by atomic mass is 10.1. The zero-order valence-corrected chi connectivity index (χ0v) is 11.1. The summed E-state index contributed by atoms with van der Waals surface area (Å²) in [5.74, 6) is -0.930. The SMILES string of the molecule is O=C=Nc1ccccc1COc1ccc(O)cc1C(F)(F)F. The van der Waals surface area contributed by atoms with E-state index in [9.17, 15) is 23.1 Å². The molecule has 22 heavy (non-hydrogen) atoms. The van der Waals surface area contributed by atoms with E-state index in [0.29, 0.717) is 11.6 Å². The van der Waals surface area contributed by atoms with Gasteiger partial charge < -0.3 is 9.84 Å². The molecule has 0 unspecified atom stereocenters. The number of hydrogen-bond acceptors (Lipinski definition) is 4. The van der Waals surface area contributed by atoms with Crippen LogP contribution >= 0.6 is 0 Å². The Morgan fingerprint density at radius 2 is 1.91 bits per heavy atom. The van der Waals surface area contributed by atoms with Crippen molar-refractivity contribution in [1.29, 1.82) is 0 Å². The second-order valence-electron chi connectivity index (χ2n) is 4.30. The Kier molecular flexibility index (Phi) is 4.48. The van der Waals surface area contributed by atoms with Crippen LogP contribution in [0.15, 0.2) is 47.5 Å². The van der Waals surface area contributed by atoms with Gasteiger partial charge >= 0.3 is 6.18 Å². The maximum Gasteiger partial charge on any atom is 0.420 e. The lowest BCUT2D eigenvalue weighted by Crippen LogP contribution is -2.08. The van der Waals surface area contributed by atoms with Crippen molar-refractivity contribution in [3.05, 3.63) is 53.6 Å². The maximum atomic E-state index is 12.9. The molecule has 0 heterocycles. The Hall–Kier alpha value is -2.79. The summed E-state index contributed by atoms with van der Waals surface area (Å²) < 4.78 is 43.9. The number of rotatable bonds is 4. The van der Waals surface area contributed by atoms with Crippen molar-refractivity contribution in [2.24, 2.45) is 4.99 Å². The van der Waals surface area contributed by atoms with Gasteiger partial charge in [-0.3, -0.25) is 0 Å². The molecule has 2 aromatic rings. The predicted molar refractivity (Wildman–Crippen MR) is 71.7 cm³/mol. The highest BCUT2D eigenvalue weighted by Crippen LogP contribution is 2.38. The molecule has 0 aromatic heterocycles. The Morgan fingerprint density at radius 3 is 2.59 bits per heavy atom. The Morgan fingerprint density at radius 1 is 1.18 bits per heavy atom. The smallest absolute Gasteiger partial charge is 0.420 e. The third-order valence-corrected chi connectivity index (χ3v) is 2.81. The molecule has 0 radical (unpaired) electrons. The van der Waals surface area contributed by atoms with E-state index in [0.717, 1.165) is 12.1 Å². The molecule has 0 saturated heterocycles. The first-order valence-corrected chi connectivity index (χ1v) is 6.10. The van der Waals surface area contributed by atoms with Crippen LogP contribution in [0.2, 0.25) is 0 Å². The normalized spacial score (nSPS) is 10.9. The van der Waals surface area contributed by atoms with Crippen LogP contribution in [-0.2, 0) is 17.6 Å². The van der Waals surface area contributed by atoms with Crippen LogP contribution < -0.4 is 4.74 Å². The van der Waals surface area contributed by atoms with Gasteiger partial charge in [-0.15, -0.1) is 0 Å². The van der Waals surface area contributed by atoms with Crippen LogP contribution in [0.25, 0.3) is 0 Å². The monoisotopic (exact) mass is 309 g/mol. The lowest BCUT2D eigenvalue weighted by Gasteiger charge is -2.14. The molecule has 0 atom stereocenters. The molecule has 0 spiro atoms. The second-order valence-corrected chi connectivity index (χ2v) is 4.30. The average molecular weight is 309 g/mol. The van der Waals surface area contributed by atoms with E-state index in [1.165, 1.54) is 12.1 Å². The summed E-state index contributed by atoms with van der Waals surface area (Å²) in [4.78, 5) is 13.8. The maximum absolute atomic E-state index is 12.9. The molecule has 0 bridgehead atoms. The largest absolute Gasteiger partial charge is 0.508 e. The molecule has 7 heteroatoms. The molecule has 0 amide bonds. The minimum absolute atomic E-state index is 0.213. The lowest BCUT2D eigenvalue weighted by molar-refractivity contribution is -0.139. The van der Waals surface area contributed by atoms with Gasteiger partial charge in [0.25, 0.3) is 0 Å². The van der Waals surface area contributed by atoms with E-state index in [4.69, 9.17) is 4.74 Å². The van der Waals surface area contributed by atoms with Crippen molar-refractivity contribution in [3.8, 4) is 11.5 Å². The number of halogens is 3. The van der Waals surface area contributed by atoms with Crippen LogP contribution in [0.4, 0.5) is 18.9 Å². The molecule has 0 aliphatic rings. The number of carbonyl (C=O) groups excluding carboxylic acids is 1. The summed E-state index contributed by atoms with van der Waals surface area (Å²) in [6.45, 7) is -0.213. The number of phenolic OH excluding ortho intramolecular Hbond substituents is 1. The first-order chi connectivity index (χ1) is 10.4. The summed E-state index contributed by atoms with van der Waals surface area (Å²) in [5.41, 5.74) is -0.374. The molecule has 0 fully saturated rings. The van der Waals surface area contributed by atoms with Crippen molar-refractivity contribution in [2.75, 3.05) is 0 Å². The summed E-state index contributed by atoms with van der Waals surface area (Å²) in [5, 5.41) is 9.19. The van der Waals surface area contributed by atoms with Gasteiger partial charge in [-0.2, -0.15) is 18.2 Å². The quantitative estimate of drug-likeness (QED) is 0.687. The fourth-order valence-corrected chi connectivity index (χ4v) is 1.81. The van der Waals surface area contributed by atoms with Gasteiger partial charge in [0.1, 0.15) is 23.7 Å². The number of ether oxygens (including phenoxy) is 1. The van der Waals surface area contributed by atoms with Crippen molar-refractivity contribution < 1.29 is 27.8 Å². The molecule has 0 aliphatic heterocycles. The number of aromatic hydroxyl groups is 1. The summed E-state index contributed by atoms with van der Waals surface area (Å²) in [6, 6.07) is 9.08. The van der Waals surface area contributed by atoms with Gasteiger partial charge in [0, 0.05) is 5.56 Å². The molecule has 114 valence electrons. The van der Waals surface area contributed by atoms with Gasteiger partial charge in [0.15, 0.2) is 0 Å². The minimum atomic E-state index is -4.66.